The van der Waals surface area contributed by atoms with Gasteiger partial charge in [-0.1, -0.05) is 42.8 Å². The lowest BCUT2D eigenvalue weighted by Gasteiger charge is -2.52. The van der Waals surface area contributed by atoms with Gasteiger partial charge in [0, 0.05) is 12.0 Å². The summed E-state index contributed by atoms with van der Waals surface area (Å²) in [5, 5.41) is 11.4. The van der Waals surface area contributed by atoms with Crippen LogP contribution in [-0.4, -0.2) is 35.5 Å². The van der Waals surface area contributed by atoms with Crippen LogP contribution in [0.5, 0.6) is 11.5 Å². The lowest BCUT2D eigenvalue weighted by Crippen LogP contribution is -2.53. The molecular weight excluding hydrogens is 362 g/mol. The molecule has 0 radical (unpaired) electrons. The zero-order valence-corrected chi connectivity index (χ0v) is 17.1. The summed E-state index contributed by atoms with van der Waals surface area (Å²) in [5.74, 6) is 1.71. The summed E-state index contributed by atoms with van der Waals surface area (Å²) in [6.07, 6.45) is 8.21. The third-order valence-corrected chi connectivity index (χ3v) is 7.26. The topological polar surface area (TPSA) is 41.9 Å². The highest BCUT2D eigenvalue weighted by molar-refractivity contribution is 5.46. The minimum absolute atomic E-state index is 0.00961. The van der Waals surface area contributed by atoms with E-state index in [0.29, 0.717) is 6.79 Å². The third-order valence-electron chi connectivity index (χ3n) is 7.26. The van der Waals surface area contributed by atoms with Crippen molar-refractivity contribution >= 4 is 0 Å². The van der Waals surface area contributed by atoms with E-state index in [2.05, 4.69) is 47.4 Å². The summed E-state index contributed by atoms with van der Waals surface area (Å²) in [6, 6.07) is 16.9. The van der Waals surface area contributed by atoms with E-state index in [1.807, 2.05) is 6.07 Å². The molecule has 2 aliphatic heterocycles. The Morgan fingerprint density at radius 2 is 1.55 bits per heavy atom. The largest absolute Gasteiger partial charge is 0.454 e. The Morgan fingerprint density at radius 1 is 0.828 bits per heavy atom. The number of piperidine rings is 1. The minimum atomic E-state index is -0.614. The number of nitrogens with zero attached hydrogens (tertiary/aromatic N) is 1. The van der Waals surface area contributed by atoms with Crippen molar-refractivity contribution in [1.82, 2.24) is 4.90 Å². The van der Waals surface area contributed by atoms with Gasteiger partial charge in [-0.15, -0.1) is 0 Å². The maximum Gasteiger partial charge on any atom is 0.231 e. The number of likely N-dealkylation sites (tertiary alicyclic amines) is 1. The number of benzene rings is 2. The maximum atomic E-state index is 11.4. The van der Waals surface area contributed by atoms with Crippen LogP contribution < -0.4 is 9.47 Å². The number of rotatable bonds is 4. The first-order chi connectivity index (χ1) is 14.2. The van der Waals surface area contributed by atoms with Gasteiger partial charge < -0.3 is 14.6 Å². The van der Waals surface area contributed by atoms with E-state index >= 15 is 0 Å². The van der Waals surface area contributed by atoms with Crippen LogP contribution in [-0.2, 0) is 12.0 Å². The van der Waals surface area contributed by atoms with E-state index in [0.717, 1.165) is 56.7 Å². The van der Waals surface area contributed by atoms with Crippen molar-refractivity contribution in [3.8, 4) is 11.5 Å². The molecule has 2 aromatic carbocycles. The van der Waals surface area contributed by atoms with Gasteiger partial charge in [-0.2, -0.15) is 0 Å². The van der Waals surface area contributed by atoms with Crippen molar-refractivity contribution in [2.75, 3.05) is 19.9 Å². The SMILES string of the molecule is OC1(Cc2ccccc2)CCC(c2ccc3c(c2)OCO3)(N2CCCCC2)CC1. The number of hydrogen-bond donors (Lipinski definition) is 1. The average Bonchev–Trinajstić information content (AvgIpc) is 3.24. The molecule has 4 nitrogen and oxygen atoms in total. The summed E-state index contributed by atoms with van der Waals surface area (Å²) in [7, 11) is 0. The first kappa shape index (κ1) is 19.0. The quantitative estimate of drug-likeness (QED) is 0.821. The third kappa shape index (κ3) is 3.64. The van der Waals surface area contributed by atoms with E-state index < -0.39 is 5.60 Å². The number of hydrogen-bond acceptors (Lipinski definition) is 4. The zero-order chi connectivity index (χ0) is 19.7. The first-order valence-corrected chi connectivity index (χ1v) is 11.1. The van der Waals surface area contributed by atoms with Crippen LogP contribution in [0.3, 0.4) is 0 Å². The molecule has 0 unspecified atom stereocenters. The van der Waals surface area contributed by atoms with Gasteiger partial charge in [0.2, 0.25) is 6.79 Å². The van der Waals surface area contributed by atoms with E-state index in [-0.39, 0.29) is 5.54 Å². The molecule has 1 aliphatic carbocycles. The van der Waals surface area contributed by atoms with Gasteiger partial charge in [-0.05, 0) is 74.9 Å². The molecule has 154 valence electrons. The minimum Gasteiger partial charge on any atom is -0.454 e. The molecule has 0 amide bonds. The van der Waals surface area contributed by atoms with Crippen LogP contribution >= 0.6 is 0 Å². The molecule has 0 atom stereocenters. The molecule has 1 N–H and O–H groups in total. The van der Waals surface area contributed by atoms with Gasteiger partial charge >= 0.3 is 0 Å². The lowest BCUT2D eigenvalue weighted by molar-refractivity contribution is -0.0629. The highest BCUT2D eigenvalue weighted by atomic mass is 16.7. The van der Waals surface area contributed by atoms with Crippen LogP contribution in [0.4, 0.5) is 0 Å². The predicted octanol–water partition coefficient (Wildman–Crippen LogP) is 4.64. The zero-order valence-electron chi connectivity index (χ0n) is 17.1. The molecular formula is C25H31NO3. The van der Waals surface area contributed by atoms with Crippen LogP contribution in [0.2, 0.25) is 0 Å². The molecule has 1 saturated carbocycles. The van der Waals surface area contributed by atoms with Gasteiger partial charge in [0.15, 0.2) is 11.5 Å². The number of aliphatic hydroxyl groups is 1. The smallest absolute Gasteiger partial charge is 0.231 e. The Morgan fingerprint density at radius 3 is 2.31 bits per heavy atom. The summed E-state index contributed by atoms with van der Waals surface area (Å²) in [6.45, 7) is 2.60. The molecule has 2 aromatic rings. The van der Waals surface area contributed by atoms with Crippen molar-refractivity contribution in [1.29, 1.82) is 0 Å². The Bertz CT molecular complexity index is 836. The fourth-order valence-electron chi connectivity index (χ4n) is 5.58. The monoisotopic (exact) mass is 393 g/mol. The highest BCUT2D eigenvalue weighted by Gasteiger charge is 2.46. The summed E-state index contributed by atoms with van der Waals surface area (Å²) in [4.78, 5) is 2.69. The van der Waals surface area contributed by atoms with Crippen LogP contribution in [0.25, 0.3) is 0 Å². The van der Waals surface area contributed by atoms with Crippen molar-refractivity contribution in [3.05, 3.63) is 59.7 Å². The van der Waals surface area contributed by atoms with E-state index in [9.17, 15) is 5.11 Å². The van der Waals surface area contributed by atoms with Crippen molar-refractivity contribution in [2.24, 2.45) is 0 Å². The van der Waals surface area contributed by atoms with Gasteiger partial charge in [0.25, 0.3) is 0 Å². The second kappa shape index (κ2) is 7.66. The second-order valence-electron chi connectivity index (χ2n) is 9.03. The maximum absolute atomic E-state index is 11.4. The normalized spacial score (nSPS) is 29.7. The van der Waals surface area contributed by atoms with Gasteiger partial charge in [0.05, 0.1) is 5.60 Å². The Balaban J connectivity index is 1.42. The van der Waals surface area contributed by atoms with E-state index in [1.54, 1.807) is 0 Å². The van der Waals surface area contributed by atoms with Crippen LogP contribution in [0, 0.1) is 0 Å². The fourth-order valence-corrected chi connectivity index (χ4v) is 5.58. The van der Waals surface area contributed by atoms with E-state index in [4.69, 9.17) is 9.47 Å². The Labute approximate surface area is 173 Å². The van der Waals surface area contributed by atoms with Crippen molar-refractivity contribution < 1.29 is 14.6 Å². The lowest BCUT2D eigenvalue weighted by atomic mass is 9.68. The molecule has 2 heterocycles. The Kier molecular flexibility index (Phi) is 5.00. The van der Waals surface area contributed by atoms with Crippen LogP contribution in [0.15, 0.2) is 48.5 Å². The molecule has 1 saturated heterocycles. The van der Waals surface area contributed by atoms with Crippen molar-refractivity contribution in [3.63, 3.8) is 0 Å². The van der Waals surface area contributed by atoms with Gasteiger partial charge in [0.1, 0.15) is 0 Å². The summed E-state index contributed by atoms with van der Waals surface area (Å²) < 4.78 is 11.2. The molecule has 2 fully saturated rings. The predicted molar refractivity (Wildman–Crippen MR) is 113 cm³/mol. The molecule has 4 heteroatoms. The summed E-state index contributed by atoms with van der Waals surface area (Å²) in [5.41, 5.74) is 1.93. The molecule has 0 spiro atoms. The Hall–Kier alpha value is -2.04. The van der Waals surface area contributed by atoms with Crippen molar-refractivity contribution in [2.45, 2.75) is 62.5 Å². The second-order valence-corrected chi connectivity index (χ2v) is 9.03. The average molecular weight is 394 g/mol. The van der Waals surface area contributed by atoms with E-state index in [1.165, 1.54) is 30.4 Å². The van der Waals surface area contributed by atoms with Gasteiger partial charge in [-0.3, -0.25) is 4.90 Å². The fraction of sp³-hybridized carbons (Fsp3) is 0.520. The van der Waals surface area contributed by atoms with Gasteiger partial charge in [-0.25, -0.2) is 0 Å². The molecule has 29 heavy (non-hydrogen) atoms. The number of ether oxygens (including phenoxy) is 2. The van der Waals surface area contributed by atoms with Crippen LogP contribution in [0.1, 0.15) is 56.1 Å². The molecule has 0 aromatic heterocycles. The molecule has 0 bridgehead atoms. The highest BCUT2D eigenvalue weighted by Crippen LogP contribution is 2.49. The standard InChI is InChI=1S/C25H31NO3/c27-24(18-20-7-3-1-4-8-20)11-13-25(14-12-24,26-15-5-2-6-16-26)21-9-10-22-23(17-21)29-19-28-22/h1,3-4,7-10,17,27H,2,5-6,11-16,18-19H2. The first-order valence-electron chi connectivity index (χ1n) is 11.1. The molecule has 3 aliphatic rings. The summed E-state index contributed by atoms with van der Waals surface area (Å²) >= 11 is 0. The number of fused-ring (bicyclic) bond motifs is 1. The molecule has 5 rings (SSSR count).